The first-order chi connectivity index (χ1) is 9.61. The normalized spacial score (nSPS) is 9.90. The SMILES string of the molecule is CC(=O)Nc1cccc(OCCNC(=O)CCCN)c1. The van der Waals surface area contributed by atoms with Gasteiger partial charge in [0.25, 0.3) is 0 Å². The van der Waals surface area contributed by atoms with Gasteiger partial charge in [-0.3, -0.25) is 9.59 Å². The van der Waals surface area contributed by atoms with Crippen LogP contribution in [0, 0.1) is 0 Å². The Morgan fingerprint density at radius 1 is 1.35 bits per heavy atom. The third-order valence-electron chi connectivity index (χ3n) is 2.46. The summed E-state index contributed by atoms with van der Waals surface area (Å²) < 4.78 is 5.49. The number of rotatable bonds is 8. The van der Waals surface area contributed by atoms with Crippen LogP contribution in [-0.4, -0.2) is 31.5 Å². The van der Waals surface area contributed by atoms with E-state index < -0.39 is 0 Å². The van der Waals surface area contributed by atoms with Crippen LogP contribution < -0.4 is 21.1 Å². The molecule has 0 bridgehead atoms. The summed E-state index contributed by atoms with van der Waals surface area (Å²) in [6.45, 7) is 2.77. The molecule has 0 unspecified atom stereocenters. The van der Waals surface area contributed by atoms with Gasteiger partial charge in [0.2, 0.25) is 11.8 Å². The summed E-state index contributed by atoms with van der Waals surface area (Å²) in [4.78, 5) is 22.3. The molecule has 0 aliphatic heterocycles. The number of carbonyl (C=O) groups excluding carboxylic acids is 2. The molecular formula is C14H21N3O3. The largest absolute Gasteiger partial charge is 0.492 e. The summed E-state index contributed by atoms with van der Waals surface area (Å²) in [5.41, 5.74) is 6.00. The van der Waals surface area contributed by atoms with Crippen LogP contribution in [0.25, 0.3) is 0 Å². The van der Waals surface area contributed by atoms with Crippen LogP contribution in [0.15, 0.2) is 24.3 Å². The second-order valence-electron chi connectivity index (χ2n) is 4.30. The van der Waals surface area contributed by atoms with Crippen LogP contribution in [-0.2, 0) is 9.59 Å². The molecule has 0 saturated heterocycles. The number of ether oxygens (including phenoxy) is 1. The molecule has 0 atom stereocenters. The molecule has 0 saturated carbocycles. The van der Waals surface area contributed by atoms with Gasteiger partial charge in [-0.25, -0.2) is 0 Å². The molecule has 0 aromatic heterocycles. The molecule has 0 aliphatic rings. The zero-order valence-corrected chi connectivity index (χ0v) is 11.6. The first-order valence-corrected chi connectivity index (χ1v) is 6.59. The summed E-state index contributed by atoms with van der Waals surface area (Å²) in [7, 11) is 0. The first kappa shape index (κ1) is 16.0. The van der Waals surface area contributed by atoms with Crippen LogP contribution in [0.1, 0.15) is 19.8 Å². The van der Waals surface area contributed by atoms with Gasteiger partial charge in [-0.15, -0.1) is 0 Å². The number of hydrogen-bond donors (Lipinski definition) is 3. The van der Waals surface area contributed by atoms with E-state index in [1.165, 1.54) is 6.92 Å². The van der Waals surface area contributed by atoms with Gasteiger partial charge in [-0.1, -0.05) is 6.07 Å². The van der Waals surface area contributed by atoms with E-state index in [-0.39, 0.29) is 11.8 Å². The first-order valence-electron chi connectivity index (χ1n) is 6.59. The highest BCUT2D eigenvalue weighted by Gasteiger charge is 2.01. The van der Waals surface area contributed by atoms with Crippen molar-refractivity contribution in [3.05, 3.63) is 24.3 Å². The van der Waals surface area contributed by atoms with Crippen molar-refractivity contribution in [2.75, 3.05) is 25.0 Å². The summed E-state index contributed by atoms with van der Waals surface area (Å²) in [6.07, 6.45) is 1.12. The van der Waals surface area contributed by atoms with Gasteiger partial charge in [0.05, 0.1) is 6.54 Å². The smallest absolute Gasteiger partial charge is 0.221 e. The van der Waals surface area contributed by atoms with Crippen molar-refractivity contribution in [3.63, 3.8) is 0 Å². The van der Waals surface area contributed by atoms with E-state index in [2.05, 4.69) is 10.6 Å². The van der Waals surface area contributed by atoms with Crippen molar-refractivity contribution in [3.8, 4) is 5.75 Å². The maximum absolute atomic E-state index is 11.3. The van der Waals surface area contributed by atoms with Gasteiger partial charge in [0, 0.05) is 25.1 Å². The molecule has 1 rings (SSSR count). The van der Waals surface area contributed by atoms with Crippen LogP contribution in [0.5, 0.6) is 5.75 Å². The van der Waals surface area contributed by atoms with Crippen molar-refractivity contribution in [2.45, 2.75) is 19.8 Å². The van der Waals surface area contributed by atoms with E-state index in [4.69, 9.17) is 10.5 Å². The Bertz CT molecular complexity index is 449. The van der Waals surface area contributed by atoms with Crippen LogP contribution in [0.3, 0.4) is 0 Å². The molecule has 20 heavy (non-hydrogen) atoms. The van der Waals surface area contributed by atoms with E-state index in [1.54, 1.807) is 24.3 Å². The van der Waals surface area contributed by atoms with Crippen molar-refractivity contribution < 1.29 is 14.3 Å². The van der Waals surface area contributed by atoms with Gasteiger partial charge in [0.1, 0.15) is 12.4 Å². The van der Waals surface area contributed by atoms with Gasteiger partial charge < -0.3 is 21.1 Å². The monoisotopic (exact) mass is 279 g/mol. The van der Waals surface area contributed by atoms with Crippen molar-refractivity contribution in [1.29, 1.82) is 0 Å². The third kappa shape index (κ3) is 6.75. The zero-order chi connectivity index (χ0) is 14.8. The maximum atomic E-state index is 11.3. The Kier molecular flexibility index (Phi) is 7.13. The second-order valence-corrected chi connectivity index (χ2v) is 4.30. The van der Waals surface area contributed by atoms with E-state index in [1.807, 2.05) is 0 Å². The number of carbonyl (C=O) groups is 2. The molecule has 1 aromatic carbocycles. The minimum absolute atomic E-state index is 0.0222. The van der Waals surface area contributed by atoms with Gasteiger partial charge in [-0.05, 0) is 25.1 Å². The Morgan fingerprint density at radius 2 is 2.15 bits per heavy atom. The molecule has 4 N–H and O–H groups in total. The number of benzene rings is 1. The molecule has 0 radical (unpaired) electrons. The minimum atomic E-state index is -0.130. The summed E-state index contributed by atoms with van der Waals surface area (Å²) in [5, 5.41) is 5.42. The van der Waals surface area contributed by atoms with E-state index in [0.29, 0.717) is 44.0 Å². The van der Waals surface area contributed by atoms with Crippen LogP contribution in [0.4, 0.5) is 5.69 Å². The molecule has 0 fully saturated rings. The lowest BCUT2D eigenvalue weighted by Gasteiger charge is -2.09. The number of nitrogens with two attached hydrogens (primary N) is 1. The topological polar surface area (TPSA) is 93.5 Å². The lowest BCUT2D eigenvalue weighted by atomic mass is 10.3. The molecule has 0 spiro atoms. The highest BCUT2D eigenvalue weighted by molar-refractivity contribution is 5.88. The standard InChI is InChI=1S/C14H21N3O3/c1-11(18)17-12-4-2-5-13(10-12)20-9-8-16-14(19)6-3-7-15/h2,4-5,10H,3,6-9,15H2,1H3,(H,16,19)(H,17,18). The van der Waals surface area contributed by atoms with Crippen LogP contribution >= 0.6 is 0 Å². The van der Waals surface area contributed by atoms with Gasteiger partial charge in [0.15, 0.2) is 0 Å². The number of anilines is 1. The zero-order valence-electron chi connectivity index (χ0n) is 11.6. The van der Waals surface area contributed by atoms with Gasteiger partial charge in [-0.2, -0.15) is 0 Å². The van der Waals surface area contributed by atoms with E-state index >= 15 is 0 Å². The lowest BCUT2D eigenvalue weighted by molar-refractivity contribution is -0.121. The number of nitrogens with one attached hydrogen (secondary N) is 2. The van der Waals surface area contributed by atoms with E-state index in [9.17, 15) is 9.59 Å². The molecule has 0 heterocycles. The Morgan fingerprint density at radius 3 is 2.85 bits per heavy atom. The number of hydrogen-bond acceptors (Lipinski definition) is 4. The van der Waals surface area contributed by atoms with Gasteiger partial charge >= 0.3 is 0 Å². The maximum Gasteiger partial charge on any atom is 0.221 e. The second kappa shape index (κ2) is 8.92. The average molecular weight is 279 g/mol. The fourth-order valence-corrected chi connectivity index (χ4v) is 1.58. The lowest BCUT2D eigenvalue weighted by Crippen LogP contribution is -2.28. The Balaban J connectivity index is 2.28. The van der Waals surface area contributed by atoms with Crippen molar-refractivity contribution >= 4 is 17.5 Å². The predicted molar refractivity (Wildman–Crippen MR) is 77.5 cm³/mol. The Hall–Kier alpha value is -2.08. The number of amides is 2. The Labute approximate surface area is 118 Å². The molecular weight excluding hydrogens is 258 g/mol. The molecule has 0 aliphatic carbocycles. The van der Waals surface area contributed by atoms with Crippen molar-refractivity contribution in [2.24, 2.45) is 5.73 Å². The molecule has 1 aromatic rings. The van der Waals surface area contributed by atoms with Crippen molar-refractivity contribution in [1.82, 2.24) is 5.32 Å². The minimum Gasteiger partial charge on any atom is -0.492 e. The quantitative estimate of drug-likeness (QED) is 0.616. The van der Waals surface area contributed by atoms with Crippen LogP contribution in [0.2, 0.25) is 0 Å². The van der Waals surface area contributed by atoms with E-state index in [0.717, 1.165) is 0 Å². The highest BCUT2D eigenvalue weighted by Crippen LogP contribution is 2.16. The molecule has 110 valence electrons. The fourth-order valence-electron chi connectivity index (χ4n) is 1.58. The average Bonchev–Trinajstić information content (AvgIpc) is 2.41. The summed E-state index contributed by atoms with van der Waals surface area (Å²) >= 11 is 0. The molecule has 2 amide bonds. The predicted octanol–water partition coefficient (Wildman–Crippen LogP) is 0.879. The fraction of sp³-hybridized carbons (Fsp3) is 0.429. The summed E-state index contributed by atoms with van der Waals surface area (Å²) in [6, 6.07) is 7.10. The molecule has 6 nitrogen and oxygen atoms in total. The third-order valence-corrected chi connectivity index (χ3v) is 2.46. The highest BCUT2D eigenvalue weighted by atomic mass is 16.5. The molecule has 6 heteroatoms. The summed E-state index contributed by atoms with van der Waals surface area (Å²) in [5.74, 6) is 0.493.